The molecule has 24 heavy (non-hydrogen) atoms. The molecular weight excluding hydrogens is 300 g/mol. The molecule has 3 aliphatic rings. The molecule has 0 N–H and O–H groups in total. The lowest BCUT2D eigenvalue weighted by atomic mass is 9.61. The quantitative estimate of drug-likeness (QED) is 0.855. The molecule has 2 aliphatic carbocycles. The van der Waals surface area contributed by atoms with Crippen LogP contribution >= 0.6 is 0 Å². The van der Waals surface area contributed by atoms with Crippen molar-refractivity contribution >= 4 is 5.91 Å². The normalized spacial score (nSPS) is 29.0. The maximum atomic E-state index is 13.1. The first-order chi connectivity index (χ1) is 11.8. The van der Waals surface area contributed by atoms with Crippen LogP contribution in [0.2, 0.25) is 0 Å². The van der Waals surface area contributed by atoms with Crippen LogP contribution in [0.25, 0.3) is 0 Å². The molecule has 1 aromatic heterocycles. The highest BCUT2D eigenvalue weighted by Gasteiger charge is 2.57. The van der Waals surface area contributed by atoms with Gasteiger partial charge in [0.15, 0.2) is 5.69 Å². The summed E-state index contributed by atoms with van der Waals surface area (Å²) >= 11 is 0. The lowest BCUT2D eigenvalue weighted by Gasteiger charge is -2.61. The summed E-state index contributed by atoms with van der Waals surface area (Å²) in [6.45, 7) is 0.847. The second-order valence-electron chi connectivity index (χ2n) is 7.54. The lowest BCUT2D eigenvalue weighted by Crippen LogP contribution is -2.67. The first-order valence-electron chi connectivity index (χ1n) is 9.13. The van der Waals surface area contributed by atoms with Gasteiger partial charge >= 0.3 is 0 Å². The van der Waals surface area contributed by atoms with E-state index in [1.165, 1.54) is 24.8 Å². The Morgan fingerprint density at radius 3 is 2.75 bits per heavy atom. The summed E-state index contributed by atoms with van der Waals surface area (Å²) in [6.07, 6.45) is 7.04. The minimum atomic E-state index is -0.130. The Morgan fingerprint density at radius 1 is 1.17 bits per heavy atom. The van der Waals surface area contributed by atoms with E-state index in [4.69, 9.17) is 4.52 Å². The first kappa shape index (κ1) is 14.3. The summed E-state index contributed by atoms with van der Waals surface area (Å²) in [4.78, 5) is 15.2. The van der Waals surface area contributed by atoms with Crippen LogP contribution in [0.3, 0.4) is 0 Å². The fourth-order valence-corrected chi connectivity index (χ4v) is 4.71. The van der Waals surface area contributed by atoms with E-state index in [9.17, 15) is 4.79 Å². The van der Waals surface area contributed by atoms with Gasteiger partial charge in [0, 0.05) is 24.4 Å². The maximum Gasteiger partial charge on any atom is 0.276 e. The molecule has 1 amide bonds. The topological polar surface area (TPSA) is 46.3 Å². The summed E-state index contributed by atoms with van der Waals surface area (Å²) in [5.41, 5.74) is 1.63. The molecule has 1 aromatic carbocycles. The van der Waals surface area contributed by atoms with E-state index in [1.54, 1.807) is 0 Å². The minimum absolute atomic E-state index is 0.0349. The molecule has 5 rings (SSSR count). The Kier molecular flexibility index (Phi) is 3.09. The number of likely N-dealkylation sites (tertiary alicyclic amines) is 1. The highest BCUT2D eigenvalue weighted by molar-refractivity contribution is 5.93. The molecule has 1 aliphatic heterocycles. The van der Waals surface area contributed by atoms with Crippen LogP contribution in [-0.2, 0) is 5.54 Å². The van der Waals surface area contributed by atoms with E-state index < -0.39 is 0 Å². The fourth-order valence-electron chi connectivity index (χ4n) is 4.71. The molecule has 2 aromatic rings. The Balaban J connectivity index is 1.49. The Bertz CT molecular complexity index is 765. The van der Waals surface area contributed by atoms with Crippen molar-refractivity contribution in [3.8, 4) is 0 Å². The predicted molar refractivity (Wildman–Crippen MR) is 89.6 cm³/mol. The summed E-state index contributed by atoms with van der Waals surface area (Å²) in [5.74, 6) is 1.98. The van der Waals surface area contributed by atoms with Gasteiger partial charge in [0.1, 0.15) is 5.76 Å². The van der Waals surface area contributed by atoms with Gasteiger partial charge in [0.05, 0.1) is 5.54 Å². The lowest BCUT2D eigenvalue weighted by molar-refractivity contribution is -0.0873. The van der Waals surface area contributed by atoms with Gasteiger partial charge in [-0.15, -0.1) is 0 Å². The van der Waals surface area contributed by atoms with Gasteiger partial charge in [-0.3, -0.25) is 4.79 Å². The number of carbonyl (C=O) groups is 1. The van der Waals surface area contributed by atoms with Gasteiger partial charge in [0.2, 0.25) is 0 Å². The maximum absolute atomic E-state index is 13.1. The first-order valence-corrected chi connectivity index (χ1v) is 9.13. The van der Waals surface area contributed by atoms with Gasteiger partial charge in [-0.25, -0.2) is 0 Å². The van der Waals surface area contributed by atoms with E-state index in [-0.39, 0.29) is 11.4 Å². The molecule has 0 radical (unpaired) electrons. The molecule has 2 heterocycles. The Labute approximate surface area is 141 Å². The van der Waals surface area contributed by atoms with E-state index >= 15 is 0 Å². The van der Waals surface area contributed by atoms with Crippen molar-refractivity contribution in [3.05, 3.63) is 53.4 Å². The number of hydrogen-bond acceptors (Lipinski definition) is 3. The summed E-state index contributed by atoms with van der Waals surface area (Å²) in [5, 5.41) is 4.08. The molecule has 0 spiro atoms. The van der Waals surface area contributed by atoms with Gasteiger partial charge in [0.25, 0.3) is 5.91 Å². The van der Waals surface area contributed by atoms with E-state index in [1.807, 2.05) is 12.1 Å². The Morgan fingerprint density at radius 2 is 2.00 bits per heavy atom. The van der Waals surface area contributed by atoms with Crippen molar-refractivity contribution in [3.63, 3.8) is 0 Å². The van der Waals surface area contributed by atoms with Crippen molar-refractivity contribution in [1.82, 2.24) is 10.1 Å². The van der Waals surface area contributed by atoms with Crippen molar-refractivity contribution in [2.75, 3.05) is 6.54 Å². The molecule has 0 unspecified atom stereocenters. The van der Waals surface area contributed by atoms with Crippen LogP contribution in [0.5, 0.6) is 0 Å². The molecule has 3 fully saturated rings. The third kappa shape index (κ3) is 1.98. The van der Waals surface area contributed by atoms with Crippen molar-refractivity contribution in [1.29, 1.82) is 0 Å². The van der Waals surface area contributed by atoms with Gasteiger partial charge in [-0.1, -0.05) is 48.3 Å². The zero-order valence-corrected chi connectivity index (χ0v) is 13.8. The average Bonchev–Trinajstić information content (AvgIpc) is 3.34. The number of nitrogens with zero attached hydrogens (tertiary/aromatic N) is 2. The largest absolute Gasteiger partial charge is 0.360 e. The number of benzene rings is 1. The van der Waals surface area contributed by atoms with Crippen LogP contribution in [-0.4, -0.2) is 22.5 Å². The van der Waals surface area contributed by atoms with Crippen LogP contribution in [0.1, 0.15) is 66.3 Å². The number of rotatable bonds is 3. The van der Waals surface area contributed by atoms with E-state index in [0.717, 1.165) is 31.6 Å². The fraction of sp³-hybridized carbons (Fsp3) is 0.500. The standard InChI is InChI=1S/C20H22N2O2/c23-19(17-12-18(24-21-17)14-9-10-14)22-13-16-8-4-5-11-20(16,22)15-6-2-1-3-7-15/h1-3,6-7,12,14,16H,4-5,8-11,13H2/t16-,20+/m0/s1. The van der Waals surface area contributed by atoms with Gasteiger partial charge in [-0.05, 0) is 31.2 Å². The van der Waals surface area contributed by atoms with Gasteiger partial charge in [-0.2, -0.15) is 0 Å². The molecule has 0 bridgehead atoms. The smallest absolute Gasteiger partial charge is 0.276 e. The van der Waals surface area contributed by atoms with Gasteiger partial charge < -0.3 is 9.42 Å². The second kappa shape index (κ2) is 5.20. The summed E-state index contributed by atoms with van der Waals surface area (Å²) in [6, 6.07) is 12.4. The average molecular weight is 322 g/mol. The monoisotopic (exact) mass is 322 g/mol. The van der Waals surface area contributed by atoms with Crippen LogP contribution < -0.4 is 0 Å². The Hall–Kier alpha value is -2.10. The molecule has 4 nitrogen and oxygen atoms in total. The minimum Gasteiger partial charge on any atom is -0.360 e. The van der Waals surface area contributed by atoms with Crippen LogP contribution in [0.4, 0.5) is 0 Å². The summed E-state index contributed by atoms with van der Waals surface area (Å²) in [7, 11) is 0. The molecule has 4 heteroatoms. The number of carbonyl (C=O) groups excluding carboxylic acids is 1. The predicted octanol–water partition coefficient (Wildman–Crippen LogP) is 4.09. The number of hydrogen-bond donors (Lipinski definition) is 0. The molecule has 2 atom stereocenters. The third-order valence-electron chi connectivity index (χ3n) is 6.17. The highest BCUT2D eigenvalue weighted by Crippen LogP contribution is 2.54. The van der Waals surface area contributed by atoms with Crippen molar-refractivity contribution < 1.29 is 9.32 Å². The van der Waals surface area contributed by atoms with Crippen LogP contribution in [0.15, 0.2) is 40.9 Å². The zero-order valence-electron chi connectivity index (χ0n) is 13.8. The van der Waals surface area contributed by atoms with Crippen LogP contribution in [0, 0.1) is 5.92 Å². The summed E-state index contributed by atoms with van der Waals surface area (Å²) < 4.78 is 5.41. The second-order valence-corrected chi connectivity index (χ2v) is 7.54. The van der Waals surface area contributed by atoms with Crippen molar-refractivity contribution in [2.24, 2.45) is 5.92 Å². The molecule has 1 saturated heterocycles. The molecular formula is C20H22N2O2. The SMILES string of the molecule is O=C(c1cc(C2CC2)on1)N1C[C@@H]2CCCC[C@@]21c1ccccc1. The van der Waals surface area contributed by atoms with Crippen molar-refractivity contribution in [2.45, 2.75) is 50.0 Å². The third-order valence-corrected chi connectivity index (χ3v) is 6.17. The van der Waals surface area contributed by atoms with E-state index in [0.29, 0.717) is 17.5 Å². The number of aromatic nitrogens is 1. The highest BCUT2D eigenvalue weighted by atomic mass is 16.5. The van der Waals surface area contributed by atoms with E-state index in [2.05, 4.69) is 34.3 Å². The number of amides is 1. The number of fused-ring (bicyclic) bond motifs is 1. The molecule has 124 valence electrons. The zero-order chi connectivity index (χ0) is 16.1. The molecule has 2 saturated carbocycles.